The van der Waals surface area contributed by atoms with Crippen LogP contribution in [0.5, 0.6) is 0 Å². The third kappa shape index (κ3) is 4.26. The van der Waals surface area contributed by atoms with Crippen molar-refractivity contribution in [2.24, 2.45) is 0 Å². The van der Waals surface area contributed by atoms with Gasteiger partial charge < -0.3 is 9.64 Å². The first-order valence-electron chi connectivity index (χ1n) is 5.54. The van der Waals surface area contributed by atoms with Crippen LogP contribution in [-0.4, -0.2) is 36.5 Å². The minimum Gasteiger partial charge on any atom is -0.445 e. The van der Waals surface area contributed by atoms with E-state index in [4.69, 9.17) is 4.74 Å². The van der Waals surface area contributed by atoms with E-state index in [0.717, 1.165) is 5.57 Å². The van der Waals surface area contributed by atoms with E-state index in [2.05, 4.69) is 13.2 Å². The molecule has 1 fully saturated rings. The van der Waals surface area contributed by atoms with E-state index in [1.165, 1.54) is 0 Å². The third-order valence-corrected chi connectivity index (χ3v) is 2.54. The van der Waals surface area contributed by atoms with Crippen molar-refractivity contribution in [1.82, 2.24) is 4.90 Å². The number of allylic oxidation sites excluding steroid dienone is 2. The van der Waals surface area contributed by atoms with Gasteiger partial charge in [0.2, 0.25) is 0 Å². The highest BCUT2D eigenvalue weighted by atomic mass is 16.6. The number of amides is 1. The normalized spacial score (nSPS) is 16.6. The molecule has 92 valence electrons. The van der Waals surface area contributed by atoms with Crippen molar-refractivity contribution in [1.29, 1.82) is 0 Å². The Kier molecular flexibility index (Phi) is 5.20. The number of nitrogens with zero attached hydrogens (tertiary/aromatic N) is 1. The van der Waals surface area contributed by atoms with Crippen molar-refractivity contribution in [3.8, 4) is 0 Å². The molecule has 1 rings (SSSR count). The molecule has 0 atom stereocenters. The Hall–Kier alpha value is -1.84. The van der Waals surface area contributed by atoms with Gasteiger partial charge in [-0.1, -0.05) is 31.4 Å². The van der Waals surface area contributed by atoms with Crippen LogP contribution in [0.25, 0.3) is 0 Å². The van der Waals surface area contributed by atoms with Gasteiger partial charge in [0.25, 0.3) is 0 Å². The maximum absolute atomic E-state index is 11.6. The van der Waals surface area contributed by atoms with E-state index < -0.39 is 0 Å². The average molecular weight is 235 g/mol. The summed E-state index contributed by atoms with van der Waals surface area (Å²) in [5.41, 5.74) is 0.793. The summed E-state index contributed by atoms with van der Waals surface area (Å²) in [4.78, 5) is 24.2. The molecular formula is C13H17NO3. The molecule has 4 nitrogen and oxygen atoms in total. The van der Waals surface area contributed by atoms with E-state index >= 15 is 0 Å². The summed E-state index contributed by atoms with van der Waals surface area (Å²) in [7, 11) is 0. The van der Waals surface area contributed by atoms with Gasteiger partial charge in [-0.3, -0.25) is 4.79 Å². The highest BCUT2D eigenvalue weighted by Gasteiger charge is 2.21. The summed E-state index contributed by atoms with van der Waals surface area (Å²) in [6.07, 6.45) is 5.44. The minimum atomic E-state index is -0.380. The highest BCUT2D eigenvalue weighted by molar-refractivity contribution is 5.81. The van der Waals surface area contributed by atoms with Crippen LogP contribution in [0.1, 0.15) is 12.8 Å². The number of carbonyl (C=O) groups excluding carboxylic acids is 2. The van der Waals surface area contributed by atoms with E-state index in [1.807, 2.05) is 0 Å². The SMILES string of the molecule is C=C/C=C(\C=C)COC(=O)N1CCC(=O)CC1. The zero-order valence-corrected chi connectivity index (χ0v) is 9.85. The Morgan fingerprint density at radius 1 is 1.35 bits per heavy atom. The van der Waals surface area contributed by atoms with Gasteiger partial charge in [0.15, 0.2) is 0 Å². The fraction of sp³-hybridized carbons (Fsp3) is 0.385. The lowest BCUT2D eigenvalue weighted by Crippen LogP contribution is -2.39. The maximum Gasteiger partial charge on any atom is 0.410 e. The van der Waals surface area contributed by atoms with Crippen LogP contribution >= 0.6 is 0 Å². The van der Waals surface area contributed by atoms with Gasteiger partial charge in [0.05, 0.1) is 0 Å². The molecule has 0 radical (unpaired) electrons. The first-order chi connectivity index (χ1) is 8.17. The van der Waals surface area contributed by atoms with Gasteiger partial charge >= 0.3 is 6.09 Å². The Morgan fingerprint density at radius 3 is 2.53 bits per heavy atom. The van der Waals surface area contributed by atoms with Crippen molar-refractivity contribution >= 4 is 11.9 Å². The first kappa shape index (κ1) is 13.2. The van der Waals surface area contributed by atoms with Crippen LogP contribution in [-0.2, 0) is 9.53 Å². The fourth-order valence-electron chi connectivity index (χ4n) is 1.50. The van der Waals surface area contributed by atoms with E-state index in [-0.39, 0.29) is 18.5 Å². The van der Waals surface area contributed by atoms with Gasteiger partial charge in [-0.15, -0.1) is 0 Å². The van der Waals surface area contributed by atoms with E-state index in [1.54, 1.807) is 23.1 Å². The zero-order chi connectivity index (χ0) is 12.7. The van der Waals surface area contributed by atoms with Crippen LogP contribution in [0.15, 0.2) is 37.0 Å². The van der Waals surface area contributed by atoms with Gasteiger partial charge in [-0.25, -0.2) is 4.79 Å². The molecule has 0 N–H and O–H groups in total. The Balaban J connectivity index is 2.39. The lowest BCUT2D eigenvalue weighted by molar-refractivity contribution is -0.121. The van der Waals surface area contributed by atoms with E-state index in [0.29, 0.717) is 25.9 Å². The maximum atomic E-state index is 11.6. The molecule has 0 aliphatic carbocycles. The van der Waals surface area contributed by atoms with Crippen molar-refractivity contribution in [3.05, 3.63) is 37.0 Å². The van der Waals surface area contributed by atoms with Crippen LogP contribution < -0.4 is 0 Å². The molecule has 1 aliphatic heterocycles. The van der Waals surface area contributed by atoms with Crippen LogP contribution in [0, 0.1) is 0 Å². The van der Waals surface area contributed by atoms with Crippen LogP contribution in [0.4, 0.5) is 4.79 Å². The lowest BCUT2D eigenvalue weighted by Gasteiger charge is -2.25. The molecule has 0 bridgehead atoms. The molecule has 1 saturated heterocycles. The highest BCUT2D eigenvalue weighted by Crippen LogP contribution is 2.08. The van der Waals surface area contributed by atoms with Crippen molar-refractivity contribution < 1.29 is 14.3 Å². The van der Waals surface area contributed by atoms with Crippen molar-refractivity contribution in [2.45, 2.75) is 12.8 Å². The number of piperidine rings is 1. The largest absolute Gasteiger partial charge is 0.445 e. The number of hydrogen-bond acceptors (Lipinski definition) is 3. The van der Waals surface area contributed by atoms with Gasteiger partial charge in [-0.05, 0) is 5.57 Å². The minimum absolute atomic E-state index is 0.179. The second-order valence-electron chi connectivity index (χ2n) is 3.76. The molecule has 0 aromatic heterocycles. The number of ether oxygens (including phenoxy) is 1. The monoisotopic (exact) mass is 235 g/mol. The molecule has 17 heavy (non-hydrogen) atoms. The standard InChI is InChI=1S/C13H17NO3/c1-3-5-11(4-2)10-17-13(16)14-8-6-12(15)7-9-14/h3-5H,1-2,6-10H2/b11-5+. The molecule has 4 heteroatoms. The predicted octanol–water partition coefficient (Wildman–Crippen LogP) is 2.09. The lowest BCUT2D eigenvalue weighted by atomic mass is 10.1. The first-order valence-corrected chi connectivity index (χ1v) is 5.54. The summed E-state index contributed by atoms with van der Waals surface area (Å²) in [5, 5.41) is 0. The quantitative estimate of drug-likeness (QED) is 0.701. The fourth-order valence-corrected chi connectivity index (χ4v) is 1.50. The second-order valence-corrected chi connectivity index (χ2v) is 3.76. The van der Waals surface area contributed by atoms with Gasteiger partial charge in [0, 0.05) is 25.9 Å². The van der Waals surface area contributed by atoms with Crippen molar-refractivity contribution in [3.63, 3.8) is 0 Å². The summed E-state index contributed by atoms with van der Waals surface area (Å²) in [6, 6.07) is 0. The van der Waals surface area contributed by atoms with Gasteiger partial charge in [-0.2, -0.15) is 0 Å². The molecule has 0 spiro atoms. The van der Waals surface area contributed by atoms with E-state index in [9.17, 15) is 9.59 Å². The Bertz CT molecular complexity index is 348. The number of carbonyl (C=O) groups is 2. The molecule has 1 aliphatic rings. The number of ketones is 1. The molecule has 1 heterocycles. The molecule has 0 unspecified atom stereocenters. The predicted molar refractivity (Wildman–Crippen MR) is 65.6 cm³/mol. The zero-order valence-electron chi connectivity index (χ0n) is 9.85. The third-order valence-electron chi connectivity index (χ3n) is 2.54. The van der Waals surface area contributed by atoms with Crippen LogP contribution in [0.3, 0.4) is 0 Å². The van der Waals surface area contributed by atoms with Crippen molar-refractivity contribution in [2.75, 3.05) is 19.7 Å². The van der Waals surface area contributed by atoms with Gasteiger partial charge in [0.1, 0.15) is 12.4 Å². The number of hydrogen-bond donors (Lipinski definition) is 0. The van der Waals surface area contributed by atoms with Crippen LogP contribution in [0.2, 0.25) is 0 Å². The molecule has 0 aromatic rings. The Morgan fingerprint density at radius 2 is 2.00 bits per heavy atom. The molecule has 0 aromatic carbocycles. The summed E-state index contributed by atoms with van der Waals surface area (Å²) in [5.74, 6) is 0.201. The molecule has 0 saturated carbocycles. The summed E-state index contributed by atoms with van der Waals surface area (Å²) in [6.45, 7) is 8.26. The summed E-state index contributed by atoms with van der Waals surface area (Å²) < 4.78 is 5.11. The number of likely N-dealkylation sites (tertiary alicyclic amines) is 1. The smallest absolute Gasteiger partial charge is 0.410 e. The summed E-state index contributed by atoms with van der Waals surface area (Å²) >= 11 is 0. The topological polar surface area (TPSA) is 46.6 Å². The Labute approximate surface area is 101 Å². The molecular weight excluding hydrogens is 218 g/mol. The second kappa shape index (κ2) is 6.68. The molecule has 1 amide bonds. The number of Topliss-reactive ketones (excluding diaryl/α,β-unsaturated/α-hetero) is 1. The average Bonchev–Trinajstić information content (AvgIpc) is 2.35. The number of rotatable bonds is 4.